The van der Waals surface area contributed by atoms with Crippen LogP contribution in [-0.2, 0) is 14.3 Å². The monoisotopic (exact) mass is 348 g/mol. The predicted octanol–water partition coefficient (Wildman–Crippen LogP) is 2.29. The van der Waals surface area contributed by atoms with Crippen molar-refractivity contribution < 1.29 is 23.8 Å². The molecule has 0 aromatic heterocycles. The fourth-order valence-electron chi connectivity index (χ4n) is 2.57. The summed E-state index contributed by atoms with van der Waals surface area (Å²) in [6, 6.07) is 6.28. The van der Waals surface area contributed by atoms with Gasteiger partial charge in [-0.1, -0.05) is 18.2 Å². The van der Waals surface area contributed by atoms with E-state index < -0.39 is 12.0 Å². The van der Waals surface area contributed by atoms with Crippen LogP contribution >= 0.6 is 0 Å². The Hall–Kier alpha value is -2.54. The Bertz CT molecular complexity index is 669. The van der Waals surface area contributed by atoms with E-state index in [1.807, 2.05) is 38.1 Å². The van der Waals surface area contributed by atoms with E-state index in [-0.39, 0.29) is 18.7 Å². The quantitative estimate of drug-likeness (QED) is 0.583. The molecule has 0 radical (unpaired) electrons. The van der Waals surface area contributed by atoms with Gasteiger partial charge in [-0.05, 0) is 26.8 Å². The van der Waals surface area contributed by atoms with Gasteiger partial charge in [0.2, 0.25) is 0 Å². The Morgan fingerprint density at radius 3 is 2.64 bits per heavy atom. The minimum absolute atomic E-state index is 0.0410. The molecule has 1 aromatic carbocycles. The third kappa shape index (κ3) is 4.73. The van der Waals surface area contributed by atoms with Gasteiger partial charge in [0.25, 0.3) is 0 Å². The van der Waals surface area contributed by atoms with Gasteiger partial charge in [0, 0.05) is 18.4 Å². The molecule has 0 saturated heterocycles. The van der Waals surface area contributed by atoms with Crippen LogP contribution in [0, 0.1) is 0 Å². The molecule has 0 unspecified atom stereocenters. The smallest absolute Gasteiger partial charge is 0.338 e. The van der Waals surface area contributed by atoms with Gasteiger partial charge in [0.05, 0.1) is 24.3 Å². The zero-order chi connectivity index (χ0) is 18.4. The zero-order valence-electron chi connectivity index (χ0n) is 14.9. The molecule has 2 rings (SSSR count). The second kappa shape index (κ2) is 8.53. The molecule has 1 heterocycles. The summed E-state index contributed by atoms with van der Waals surface area (Å²) in [7, 11) is 1.53. The average molecular weight is 348 g/mol. The Morgan fingerprint density at radius 2 is 1.96 bits per heavy atom. The molecule has 1 aliphatic rings. The summed E-state index contributed by atoms with van der Waals surface area (Å²) in [5, 5.41) is 5.40. The number of amides is 2. The van der Waals surface area contributed by atoms with Crippen LogP contribution in [0.5, 0.6) is 5.75 Å². The highest BCUT2D eigenvalue weighted by Gasteiger charge is 2.33. The van der Waals surface area contributed by atoms with Crippen LogP contribution in [0.2, 0.25) is 0 Å². The second-order valence-electron chi connectivity index (χ2n) is 5.90. The van der Waals surface area contributed by atoms with Crippen molar-refractivity contribution in [1.82, 2.24) is 10.6 Å². The van der Waals surface area contributed by atoms with E-state index in [9.17, 15) is 9.59 Å². The fraction of sp³-hybridized carbons (Fsp3) is 0.444. The summed E-state index contributed by atoms with van der Waals surface area (Å²) in [4.78, 5) is 24.5. The molecule has 0 aliphatic carbocycles. The zero-order valence-corrected chi connectivity index (χ0v) is 14.9. The standard InChI is InChI=1S/C18H24N2O5/c1-11(2)25-14-8-6-5-7-13(14)16-15(12(3)19-18(22)20-16)17(21)24-10-9-23-4/h5-8,11,16H,9-10H2,1-4H3,(H2,19,20,22)/t16-/m1/s1. The highest BCUT2D eigenvalue weighted by Crippen LogP contribution is 2.33. The summed E-state index contributed by atoms with van der Waals surface area (Å²) < 4.78 is 16.0. The van der Waals surface area contributed by atoms with Crippen molar-refractivity contribution in [2.24, 2.45) is 0 Å². The number of esters is 1. The maximum absolute atomic E-state index is 12.5. The van der Waals surface area contributed by atoms with Gasteiger partial charge < -0.3 is 24.8 Å². The lowest BCUT2D eigenvalue weighted by Crippen LogP contribution is -2.45. The Kier molecular flexibility index (Phi) is 6.41. The van der Waals surface area contributed by atoms with E-state index in [0.29, 0.717) is 29.2 Å². The molecule has 0 bridgehead atoms. The molecular formula is C18H24N2O5. The largest absolute Gasteiger partial charge is 0.491 e. The van der Waals surface area contributed by atoms with Gasteiger partial charge in [0.15, 0.2) is 0 Å². The van der Waals surface area contributed by atoms with Crippen LogP contribution in [-0.4, -0.2) is 38.4 Å². The first kappa shape index (κ1) is 18.8. The minimum Gasteiger partial charge on any atom is -0.491 e. The van der Waals surface area contributed by atoms with E-state index >= 15 is 0 Å². The lowest BCUT2D eigenvalue weighted by Gasteiger charge is -2.29. The SMILES string of the molecule is COCCOC(=O)C1=C(C)NC(=O)N[C@@H]1c1ccccc1OC(C)C. The van der Waals surface area contributed by atoms with Crippen molar-refractivity contribution in [2.45, 2.75) is 32.9 Å². The molecule has 25 heavy (non-hydrogen) atoms. The molecule has 0 fully saturated rings. The van der Waals surface area contributed by atoms with Crippen LogP contribution in [0.1, 0.15) is 32.4 Å². The van der Waals surface area contributed by atoms with E-state index in [2.05, 4.69) is 10.6 Å². The average Bonchev–Trinajstić information content (AvgIpc) is 2.54. The molecule has 2 N–H and O–H groups in total. The summed E-state index contributed by atoms with van der Waals surface area (Å²) in [6.45, 7) is 5.94. The molecule has 0 spiro atoms. The Balaban J connectivity index is 2.38. The Labute approximate surface area is 147 Å². The summed E-state index contributed by atoms with van der Waals surface area (Å²) >= 11 is 0. The molecule has 1 aliphatic heterocycles. The number of benzene rings is 1. The number of carbonyl (C=O) groups is 2. The van der Waals surface area contributed by atoms with Crippen LogP contribution in [0.4, 0.5) is 4.79 Å². The number of hydrogen-bond donors (Lipinski definition) is 2. The van der Waals surface area contributed by atoms with E-state index in [1.54, 1.807) is 6.92 Å². The van der Waals surface area contributed by atoms with Crippen molar-refractivity contribution in [3.63, 3.8) is 0 Å². The highest BCUT2D eigenvalue weighted by molar-refractivity contribution is 5.95. The molecule has 7 heteroatoms. The van der Waals surface area contributed by atoms with Crippen molar-refractivity contribution in [3.05, 3.63) is 41.1 Å². The van der Waals surface area contributed by atoms with Gasteiger partial charge >= 0.3 is 12.0 Å². The van der Waals surface area contributed by atoms with Gasteiger partial charge in [-0.3, -0.25) is 0 Å². The number of ether oxygens (including phenoxy) is 3. The normalized spacial score (nSPS) is 17.2. The lowest BCUT2D eigenvalue weighted by molar-refractivity contribution is -0.140. The van der Waals surface area contributed by atoms with Crippen molar-refractivity contribution in [3.8, 4) is 5.75 Å². The number of rotatable bonds is 7. The predicted molar refractivity (Wildman–Crippen MR) is 92.1 cm³/mol. The van der Waals surface area contributed by atoms with Gasteiger partial charge in [-0.25, -0.2) is 9.59 Å². The van der Waals surface area contributed by atoms with E-state index in [1.165, 1.54) is 7.11 Å². The molecule has 2 amide bonds. The third-order valence-electron chi connectivity index (χ3n) is 3.60. The number of methoxy groups -OCH3 is 1. The van der Waals surface area contributed by atoms with Gasteiger partial charge in [0.1, 0.15) is 12.4 Å². The first-order chi connectivity index (χ1) is 11.9. The molecule has 136 valence electrons. The van der Waals surface area contributed by atoms with Crippen molar-refractivity contribution in [2.75, 3.05) is 20.3 Å². The summed E-state index contributed by atoms with van der Waals surface area (Å²) in [5.74, 6) is 0.103. The van der Waals surface area contributed by atoms with Crippen LogP contribution in [0.25, 0.3) is 0 Å². The van der Waals surface area contributed by atoms with Gasteiger partial charge in [-0.2, -0.15) is 0 Å². The summed E-state index contributed by atoms with van der Waals surface area (Å²) in [6.07, 6.45) is -0.0410. The third-order valence-corrected chi connectivity index (χ3v) is 3.60. The fourth-order valence-corrected chi connectivity index (χ4v) is 2.57. The second-order valence-corrected chi connectivity index (χ2v) is 5.90. The molecular weight excluding hydrogens is 324 g/mol. The molecule has 0 saturated carbocycles. The number of allylic oxidation sites excluding steroid dienone is 1. The van der Waals surface area contributed by atoms with E-state index in [4.69, 9.17) is 14.2 Å². The van der Waals surface area contributed by atoms with E-state index in [0.717, 1.165) is 0 Å². The van der Waals surface area contributed by atoms with Crippen LogP contribution < -0.4 is 15.4 Å². The highest BCUT2D eigenvalue weighted by atomic mass is 16.6. The van der Waals surface area contributed by atoms with Crippen LogP contribution in [0.15, 0.2) is 35.5 Å². The first-order valence-corrected chi connectivity index (χ1v) is 8.14. The maximum Gasteiger partial charge on any atom is 0.338 e. The molecule has 7 nitrogen and oxygen atoms in total. The number of carbonyl (C=O) groups excluding carboxylic acids is 2. The first-order valence-electron chi connectivity index (χ1n) is 8.14. The maximum atomic E-state index is 12.5. The number of urea groups is 1. The lowest BCUT2D eigenvalue weighted by atomic mass is 9.95. The summed E-state index contributed by atoms with van der Waals surface area (Å²) in [5.41, 5.74) is 1.50. The van der Waals surface area contributed by atoms with Crippen molar-refractivity contribution >= 4 is 12.0 Å². The van der Waals surface area contributed by atoms with Crippen LogP contribution in [0.3, 0.4) is 0 Å². The van der Waals surface area contributed by atoms with Gasteiger partial charge in [-0.15, -0.1) is 0 Å². The Morgan fingerprint density at radius 1 is 1.24 bits per heavy atom. The number of nitrogens with one attached hydrogen (secondary N) is 2. The number of hydrogen-bond acceptors (Lipinski definition) is 5. The van der Waals surface area contributed by atoms with Crippen molar-refractivity contribution in [1.29, 1.82) is 0 Å². The minimum atomic E-state index is -0.654. The molecule has 1 aromatic rings. The number of para-hydroxylation sites is 1. The topological polar surface area (TPSA) is 85.9 Å². The molecule has 1 atom stereocenters.